The summed E-state index contributed by atoms with van der Waals surface area (Å²) >= 11 is 24.5. The second kappa shape index (κ2) is 27.2. The number of carbonyl (C=O) groups is 8. The van der Waals surface area contributed by atoms with E-state index in [1.54, 1.807) is 0 Å². The number of nitrogens with two attached hydrogens (primary N) is 2. The molecule has 28 heteroatoms. The minimum atomic E-state index is -3.63. The molecule has 0 saturated heterocycles. The number of carboxylic acids is 2. The van der Waals surface area contributed by atoms with Crippen LogP contribution in [0.3, 0.4) is 0 Å². The summed E-state index contributed by atoms with van der Waals surface area (Å²) < 4.78 is 32.0. The van der Waals surface area contributed by atoms with E-state index in [0.717, 1.165) is 26.9 Å². The average molecular weight is 929 g/mol. The van der Waals surface area contributed by atoms with Crippen molar-refractivity contribution >= 4 is 122 Å². The number of aliphatic carboxylic acids is 2. The molecule has 54 heavy (non-hydrogen) atoms. The molecule has 3 aliphatic heterocycles. The predicted molar refractivity (Wildman–Crippen MR) is 201 cm³/mol. The molecule has 6 amide bonds. The van der Waals surface area contributed by atoms with Crippen molar-refractivity contribution in [1.29, 1.82) is 0 Å². The van der Waals surface area contributed by atoms with Crippen molar-refractivity contribution in [3.05, 3.63) is 36.5 Å². The first-order valence-corrected chi connectivity index (χ1v) is 24.9. The molecule has 1 atom stereocenters. The third-order valence-corrected chi connectivity index (χ3v) is 9.24. The van der Waals surface area contributed by atoms with E-state index in [1.807, 2.05) is 0 Å². The SMILES string of the molecule is NCCC(=O)O.NCCN1C(=O)C=CC1=O.O=C(O)CCNP(=O)(O)CCCN1C(=O)C=CC1=O.O=C1C=CC(=O)N1CCCP(=O)(Cl)Cl.O=P(Cl)(Cl)Cl. The summed E-state index contributed by atoms with van der Waals surface area (Å²) in [7, 11) is -3.63. The first-order valence-electron chi connectivity index (χ1n) is 14.9. The fourth-order valence-electron chi connectivity index (χ4n) is 3.48. The monoisotopic (exact) mass is 926 g/mol. The van der Waals surface area contributed by atoms with E-state index in [9.17, 15) is 56.9 Å². The average Bonchev–Trinajstić information content (AvgIpc) is 3.63. The van der Waals surface area contributed by atoms with Crippen LogP contribution < -0.4 is 16.6 Å². The second-order valence-electron chi connectivity index (χ2n) is 10.1. The van der Waals surface area contributed by atoms with Crippen LogP contribution in [-0.2, 0) is 52.1 Å². The molecule has 0 saturated carbocycles. The van der Waals surface area contributed by atoms with Gasteiger partial charge in [0.05, 0.1) is 12.8 Å². The molecule has 0 bridgehead atoms. The molecule has 3 rings (SSSR count). The summed E-state index contributed by atoms with van der Waals surface area (Å²) in [6.45, 7) is 1.02. The number of imide groups is 3. The van der Waals surface area contributed by atoms with Crippen LogP contribution in [-0.4, -0.2) is 129 Å². The highest BCUT2D eigenvalue weighted by Gasteiger charge is 2.26. The fourth-order valence-corrected chi connectivity index (χ4v) is 5.90. The number of nitrogens with zero attached hydrogens (tertiary/aromatic N) is 3. The summed E-state index contributed by atoms with van der Waals surface area (Å²) in [6.07, 6.45) is 7.49. The van der Waals surface area contributed by atoms with Gasteiger partial charge in [-0.1, -0.05) is 0 Å². The zero-order chi connectivity index (χ0) is 42.3. The van der Waals surface area contributed by atoms with Gasteiger partial charge in [0.1, 0.15) is 0 Å². The normalized spacial score (nSPS) is 15.8. The number of carbonyl (C=O) groups excluding carboxylic acids is 6. The lowest BCUT2D eigenvalue weighted by Crippen LogP contribution is -2.34. The molecule has 0 fully saturated rings. The van der Waals surface area contributed by atoms with Crippen molar-refractivity contribution in [3.63, 3.8) is 0 Å². The highest BCUT2D eigenvalue weighted by molar-refractivity contribution is 8.24. The summed E-state index contributed by atoms with van der Waals surface area (Å²) in [5.74, 6) is -7.10. The van der Waals surface area contributed by atoms with Gasteiger partial charge in [-0.2, -0.15) is 0 Å². The molecule has 0 spiro atoms. The minimum absolute atomic E-state index is 0.0653. The van der Waals surface area contributed by atoms with Crippen LogP contribution in [0.15, 0.2) is 36.5 Å². The predicted octanol–water partition coefficient (Wildman–Crippen LogP) is 2.62. The number of halogens is 5. The maximum atomic E-state index is 11.6. The standard InChI is InChI=1S/C10H15N2O6P.C7H8Cl2NO3P.C6H8N2O2.C3H7NO2.Cl3OP/c13-8-2-3-9(14)12(8)6-1-7-19(17,18)11-5-4-10(15)16;8-14(9,13)5-1-4-10-6(11)2-3-7(10)12;7-3-4-8-5(9)1-2-6(8)10;4-2-1-3(5)6;1-5(2,3)4/h2-3H,1,4-7H2,(H,15,16)(H2,11,17,18);2-3H,1,4-5H2;1-2H,3-4,7H2;1-2,4H2,(H,5,6);. The molecule has 0 aromatic carbocycles. The first kappa shape index (κ1) is 53.7. The largest absolute Gasteiger partial charge is 0.481 e. The van der Waals surface area contributed by atoms with Crippen molar-refractivity contribution in [2.24, 2.45) is 11.5 Å². The molecule has 20 nitrogen and oxygen atoms in total. The minimum Gasteiger partial charge on any atom is -0.481 e. The molecule has 1 unspecified atom stereocenters. The van der Waals surface area contributed by atoms with Crippen LogP contribution in [0, 0.1) is 0 Å². The Bertz CT molecular complexity index is 1540. The lowest BCUT2D eigenvalue weighted by atomic mass is 10.4. The fraction of sp³-hybridized carbons (Fsp3) is 0.462. The zero-order valence-corrected chi connectivity index (χ0v) is 34.5. The number of carboxylic acid groups (broad SMARTS) is 2. The lowest BCUT2D eigenvalue weighted by molar-refractivity contribution is -0.138. The summed E-state index contributed by atoms with van der Waals surface area (Å²) in [4.78, 5) is 98.3. The number of rotatable bonds is 16. The molecular formula is C26H38Cl5N6O14P3. The Morgan fingerprint density at radius 3 is 1.17 bits per heavy atom. The molecule has 8 N–H and O–H groups in total. The highest BCUT2D eigenvalue weighted by atomic mass is 36.0. The zero-order valence-electron chi connectivity index (χ0n) is 28.0. The van der Waals surface area contributed by atoms with Gasteiger partial charge in [0.15, 0.2) is 0 Å². The Hall–Kier alpha value is -2.44. The maximum Gasteiger partial charge on any atom is 0.339 e. The third-order valence-electron chi connectivity index (χ3n) is 5.75. The molecule has 0 aliphatic carbocycles. The smallest absolute Gasteiger partial charge is 0.339 e. The van der Waals surface area contributed by atoms with Crippen molar-refractivity contribution in [3.8, 4) is 0 Å². The first-order chi connectivity index (χ1) is 24.7. The van der Waals surface area contributed by atoms with Crippen molar-refractivity contribution in [2.45, 2.75) is 25.7 Å². The topological polar surface area (TPSA) is 322 Å². The van der Waals surface area contributed by atoms with Gasteiger partial charge < -0.3 is 26.6 Å². The number of hydrogen-bond acceptors (Lipinski definition) is 13. The van der Waals surface area contributed by atoms with Gasteiger partial charge in [-0.15, -0.1) is 0 Å². The molecule has 306 valence electrons. The van der Waals surface area contributed by atoms with E-state index in [1.165, 1.54) is 24.3 Å². The summed E-state index contributed by atoms with van der Waals surface area (Å²) in [6, 6.07) is 0. The van der Waals surface area contributed by atoms with Gasteiger partial charge in [-0.3, -0.25) is 66.8 Å². The van der Waals surface area contributed by atoms with Crippen molar-refractivity contribution < 1.29 is 67.2 Å². The molecule has 3 heterocycles. The molecule has 3 aliphatic rings. The van der Waals surface area contributed by atoms with Crippen molar-refractivity contribution in [2.75, 3.05) is 51.6 Å². The molecule has 0 aromatic rings. The number of amides is 6. The number of hydrogen-bond donors (Lipinski definition) is 6. The van der Waals surface area contributed by atoms with Gasteiger partial charge in [0.25, 0.3) is 48.8 Å². The van der Waals surface area contributed by atoms with Crippen LogP contribution in [0.2, 0.25) is 0 Å². The second-order valence-corrected chi connectivity index (χ2v) is 24.3. The Kier molecular flexibility index (Phi) is 27.0. The van der Waals surface area contributed by atoms with Crippen LogP contribution in [0.5, 0.6) is 0 Å². The van der Waals surface area contributed by atoms with E-state index in [0.29, 0.717) is 19.5 Å². The van der Waals surface area contributed by atoms with Gasteiger partial charge in [0, 0.05) is 88.0 Å². The van der Waals surface area contributed by atoms with Crippen LogP contribution in [0.25, 0.3) is 0 Å². The van der Waals surface area contributed by atoms with Crippen LogP contribution in [0.4, 0.5) is 0 Å². The Labute approximate surface area is 332 Å². The Balaban J connectivity index is 0. The molecule has 0 aromatic heterocycles. The summed E-state index contributed by atoms with van der Waals surface area (Å²) in [5.41, 5.74) is 10.0. The quantitative estimate of drug-likeness (QED) is 0.0957. The Morgan fingerprint density at radius 2 is 0.907 bits per heavy atom. The molecule has 0 radical (unpaired) electrons. The van der Waals surface area contributed by atoms with Gasteiger partial charge in [0.2, 0.25) is 0 Å². The molecular weight excluding hydrogens is 891 g/mol. The van der Waals surface area contributed by atoms with Gasteiger partial charge >= 0.3 is 17.1 Å². The van der Waals surface area contributed by atoms with Gasteiger partial charge in [-0.25, -0.2) is 5.09 Å². The van der Waals surface area contributed by atoms with E-state index in [-0.39, 0.29) is 81.4 Å². The van der Waals surface area contributed by atoms with E-state index in [2.05, 4.69) is 38.8 Å². The van der Waals surface area contributed by atoms with Gasteiger partial charge in [-0.05, 0) is 69.0 Å². The van der Waals surface area contributed by atoms with Crippen LogP contribution >= 0.6 is 74.8 Å². The lowest BCUT2D eigenvalue weighted by Gasteiger charge is -2.16. The third kappa shape index (κ3) is 28.9. The highest BCUT2D eigenvalue weighted by Crippen LogP contribution is 2.61. The Morgan fingerprint density at radius 1 is 0.593 bits per heavy atom. The van der Waals surface area contributed by atoms with Crippen molar-refractivity contribution in [1.82, 2.24) is 19.8 Å². The van der Waals surface area contributed by atoms with E-state index in [4.69, 9.17) is 44.2 Å². The van der Waals surface area contributed by atoms with Crippen LogP contribution in [0.1, 0.15) is 25.7 Å². The van der Waals surface area contributed by atoms with E-state index < -0.39 is 42.3 Å². The number of nitrogens with one attached hydrogen (secondary N) is 1. The maximum absolute atomic E-state index is 11.6. The van der Waals surface area contributed by atoms with E-state index >= 15 is 0 Å². The summed E-state index contributed by atoms with van der Waals surface area (Å²) in [5, 5.41) is 15.3.